The molecule has 26 heavy (non-hydrogen) atoms. The van der Waals surface area contributed by atoms with Crippen LogP contribution >= 0.6 is 34.8 Å². The quantitative estimate of drug-likeness (QED) is 0.741. The van der Waals surface area contributed by atoms with Gasteiger partial charge in [-0.1, -0.05) is 34.8 Å². The molecular weight excluding hydrogens is 426 g/mol. The number of benzene rings is 2. The van der Waals surface area contributed by atoms with Gasteiger partial charge in [0.2, 0.25) is 15.9 Å². The van der Waals surface area contributed by atoms with Crippen LogP contribution in [-0.2, 0) is 14.8 Å². The van der Waals surface area contributed by atoms with Crippen molar-refractivity contribution in [3.63, 3.8) is 0 Å². The van der Waals surface area contributed by atoms with Crippen molar-refractivity contribution in [1.82, 2.24) is 0 Å². The number of rotatable bonds is 5. The minimum atomic E-state index is -3.87. The lowest BCUT2D eigenvalue weighted by Crippen LogP contribution is -2.45. The standard InChI is InChI=1S/C16H14Cl3FN2O3S/c1-9(16(23)21-11-4-6-14(20)13(19)8-11)22(26(2,24)25)15-7-10(17)3-5-12(15)18/h3-9H,1-2H3,(H,21,23)/t9-/m0/s1. The topological polar surface area (TPSA) is 66.5 Å². The molecule has 0 aliphatic rings. The fourth-order valence-corrected chi connectivity index (χ4v) is 4.04. The van der Waals surface area contributed by atoms with Crippen LogP contribution in [0, 0.1) is 5.82 Å². The van der Waals surface area contributed by atoms with E-state index >= 15 is 0 Å². The monoisotopic (exact) mass is 438 g/mol. The van der Waals surface area contributed by atoms with Crippen molar-refractivity contribution in [2.24, 2.45) is 0 Å². The number of amides is 1. The number of hydrogen-bond donors (Lipinski definition) is 1. The second-order valence-electron chi connectivity index (χ2n) is 5.45. The molecule has 2 rings (SSSR count). The van der Waals surface area contributed by atoms with Gasteiger partial charge in [0, 0.05) is 10.7 Å². The van der Waals surface area contributed by atoms with Crippen LogP contribution in [0.3, 0.4) is 0 Å². The third kappa shape index (κ3) is 4.79. The number of hydrogen-bond acceptors (Lipinski definition) is 3. The molecule has 0 aromatic heterocycles. The Morgan fingerprint density at radius 1 is 1.12 bits per heavy atom. The molecule has 0 aliphatic heterocycles. The van der Waals surface area contributed by atoms with Gasteiger partial charge in [-0.25, -0.2) is 12.8 Å². The van der Waals surface area contributed by atoms with Crippen LogP contribution in [0.15, 0.2) is 36.4 Å². The van der Waals surface area contributed by atoms with Gasteiger partial charge in [0.1, 0.15) is 11.9 Å². The lowest BCUT2D eigenvalue weighted by Gasteiger charge is -2.29. The van der Waals surface area contributed by atoms with Gasteiger partial charge in [0.25, 0.3) is 0 Å². The molecule has 0 spiro atoms. The van der Waals surface area contributed by atoms with Gasteiger partial charge >= 0.3 is 0 Å². The summed E-state index contributed by atoms with van der Waals surface area (Å²) in [6.45, 7) is 1.39. The van der Waals surface area contributed by atoms with E-state index < -0.39 is 27.8 Å². The van der Waals surface area contributed by atoms with Gasteiger partial charge in [-0.05, 0) is 43.3 Å². The molecule has 0 heterocycles. The first-order chi connectivity index (χ1) is 12.0. The van der Waals surface area contributed by atoms with E-state index in [9.17, 15) is 17.6 Å². The third-order valence-electron chi connectivity index (χ3n) is 3.42. The van der Waals surface area contributed by atoms with Gasteiger partial charge in [0.05, 0.1) is 22.0 Å². The van der Waals surface area contributed by atoms with Crippen molar-refractivity contribution in [2.75, 3.05) is 15.9 Å². The second kappa shape index (κ2) is 8.00. The highest BCUT2D eigenvalue weighted by atomic mass is 35.5. The summed E-state index contributed by atoms with van der Waals surface area (Å²) in [7, 11) is -3.87. The zero-order chi connectivity index (χ0) is 19.6. The Labute approximate surface area is 165 Å². The van der Waals surface area contributed by atoms with Gasteiger partial charge in [-0.15, -0.1) is 0 Å². The molecule has 0 saturated carbocycles. The number of nitrogens with zero attached hydrogens (tertiary/aromatic N) is 1. The van der Waals surface area contributed by atoms with Crippen LogP contribution in [0.25, 0.3) is 0 Å². The molecule has 0 bridgehead atoms. The summed E-state index contributed by atoms with van der Waals surface area (Å²) in [5.41, 5.74) is 0.292. The zero-order valence-corrected chi connectivity index (χ0v) is 16.7. The molecule has 0 aliphatic carbocycles. The van der Waals surface area contributed by atoms with Gasteiger partial charge < -0.3 is 5.32 Å². The van der Waals surface area contributed by atoms with Crippen molar-refractivity contribution in [2.45, 2.75) is 13.0 Å². The van der Waals surface area contributed by atoms with Crippen molar-refractivity contribution in [3.05, 3.63) is 57.3 Å². The summed E-state index contributed by atoms with van der Waals surface area (Å²) in [5.74, 6) is -1.30. The number of anilines is 2. The van der Waals surface area contributed by atoms with E-state index in [1.807, 2.05) is 0 Å². The van der Waals surface area contributed by atoms with Crippen molar-refractivity contribution >= 4 is 62.1 Å². The molecule has 0 fully saturated rings. The van der Waals surface area contributed by atoms with Crippen molar-refractivity contribution in [3.8, 4) is 0 Å². The maximum absolute atomic E-state index is 13.2. The first kappa shape index (κ1) is 20.8. The van der Waals surface area contributed by atoms with Crippen LogP contribution in [-0.4, -0.2) is 26.6 Å². The molecule has 2 aromatic carbocycles. The van der Waals surface area contributed by atoms with Crippen molar-refractivity contribution in [1.29, 1.82) is 0 Å². The van der Waals surface area contributed by atoms with E-state index in [2.05, 4.69) is 5.32 Å². The molecule has 1 amide bonds. The highest BCUT2D eigenvalue weighted by Gasteiger charge is 2.31. The molecule has 10 heteroatoms. The SMILES string of the molecule is C[C@@H](C(=O)Nc1ccc(F)c(Cl)c1)N(c1cc(Cl)ccc1Cl)S(C)(=O)=O. The molecule has 0 radical (unpaired) electrons. The smallest absolute Gasteiger partial charge is 0.247 e. The van der Waals surface area contributed by atoms with Crippen LogP contribution in [0.1, 0.15) is 6.92 Å². The zero-order valence-electron chi connectivity index (χ0n) is 13.6. The Balaban J connectivity index is 2.37. The molecule has 0 saturated heterocycles. The summed E-state index contributed by atoms with van der Waals surface area (Å²) in [4.78, 5) is 12.5. The summed E-state index contributed by atoms with van der Waals surface area (Å²) in [6.07, 6.45) is 0.947. The Kier molecular flexibility index (Phi) is 6.39. The Morgan fingerprint density at radius 3 is 2.35 bits per heavy atom. The largest absolute Gasteiger partial charge is 0.324 e. The summed E-state index contributed by atoms with van der Waals surface area (Å²) < 4.78 is 38.6. The van der Waals surface area contributed by atoms with Crippen LogP contribution in [0.4, 0.5) is 15.8 Å². The number of carbonyl (C=O) groups is 1. The average Bonchev–Trinajstić information content (AvgIpc) is 2.53. The second-order valence-corrected chi connectivity index (χ2v) is 8.56. The Morgan fingerprint density at radius 2 is 1.77 bits per heavy atom. The lowest BCUT2D eigenvalue weighted by atomic mass is 10.2. The Bertz CT molecular complexity index is 954. The number of carbonyl (C=O) groups excluding carboxylic acids is 1. The van der Waals surface area contributed by atoms with E-state index in [1.165, 1.54) is 37.3 Å². The van der Waals surface area contributed by atoms with Gasteiger partial charge in [0.15, 0.2) is 0 Å². The maximum atomic E-state index is 13.2. The lowest BCUT2D eigenvalue weighted by molar-refractivity contribution is -0.116. The normalized spacial score (nSPS) is 12.5. The summed E-state index contributed by atoms with van der Waals surface area (Å²) in [5, 5.41) is 2.70. The highest BCUT2D eigenvalue weighted by Crippen LogP contribution is 2.32. The Hall–Kier alpha value is -1.54. The van der Waals surface area contributed by atoms with Gasteiger partial charge in [-0.2, -0.15) is 0 Å². The molecule has 1 atom stereocenters. The van der Waals surface area contributed by atoms with E-state index in [0.717, 1.165) is 16.6 Å². The van der Waals surface area contributed by atoms with Crippen LogP contribution in [0.5, 0.6) is 0 Å². The minimum absolute atomic E-state index is 0.0708. The number of halogens is 4. The third-order valence-corrected chi connectivity index (χ3v) is 5.49. The predicted octanol–water partition coefficient (Wildman–Crippen LogP) is 4.58. The van der Waals surface area contributed by atoms with Crippen molar-refractivity contribution < 1.29 is 17.6 Å². The minimum Gasteiger partial charge on any atom is -0.324 e. The first-order valence-electron chi connectivity index (χ1n) is 7.21. The van der Waals surface area contributed by atoms with Gasteiger partial charge in [-0.3, -0.25) is 9.10 Å². The number of sulfonamides is 1. The average molecular weight is 440 g/mol. The van der Waals surface area contributed by atoms with E-state index in [0.29, 0.717) is 0 Å². The molecule has 1 N–H and O–H groups in total. The van der Waals surface area contributed by atoms with E-state index in [4.69, 9.17) is 34.8 Å². The highest BCUT2D eigenvalue weighted by molar-refractivity contribution is 7.92. The fraction of sp³-hybridized carbons (Fsp3) is 0.188. The molecular formula is C16H14Cl3FN2O3S. The molecule has 140 valence electrons. The van der Waals surface area contributed by atoms with E-state index in [1.54, 1.807) is 0 Å². The molecule has 5 nitrogen and oxygen atoms in total. The van der Waals surface area contributed by atoms with Crippen LogP contribution < -0.4 is 9.62 Å². The maximum Gasteiger partial charge on any atom is 0.247 e. The predicted molar refractivity (Wildman–Crippen MR) is 103 cm³/mol. The molecule has 2 aromatic rings. The first-order valence-corrected chi connectivity index (χ1v) is 10.2. The van der Waals surface area contributed by atoms with E-state index in [-0.39, 0.29) is 26.4 Å². The summed E-state index contributed by atoms with van der Waals surface area (Å²) in [6, 6.07) is 6.74. The fourth-order valence-electron chi connectivity index (χ4n) is 2.26. The summed E-state index contributed by atoms with van der Waals surface area (Å²) >= 11 is 17.7. The molecule has 0 unspecified atom stereocenters. The van der Waals surface area contributed by atoms with Crippen LogP contribution in [0.2, 0.25) is 15.1 Å². The number of nitrogens with one attached hydrogen (secondary N) is 1.